The Balaban J connectivity index is 2.01. The third-order valence-corrected chi connectivity index (χ3v) is 4.24. The van der Waals surface area contributed by atoms with Crippen molar-refractivity contribution in [2.75, 3.05) is 23.7 Å². The summed E-state index contributed by atoms with van der Waals surface area (Å²) in [5, 5.41) is 1.21. The lowest BCUT2D eigenvalue weighted by Crippen LogP contribution is -2.29. The second-order valence-electron chi connectivity index (χ2n) is 4.53. The lowest BCUT2D eigenvalue weighted by Gasteiger charge is -2.28. The molecule has 3 heterocycles. The highest BCUT2D eigenvalue weighted by Gasteiger charge is 2.20. The predicted molar refractivity (Wildman–Crippen MR) is 75.8 cm³/mol. The number of pyridine rings is 1. The highest BCUT2D eigenvalue weighted by atomic mass is 32.1. The van der Waals surface area contributed by atoms with Gasteiger partial charge in [0, 0.05) is 25.5 Å². The van der Waals surface area contributed by atoms with Gasteiger partial charge in [-0.1, -0.05) is 0 Å². The third-order valence-electron chi connectivity index (χ3n) is 3.31. The van der Waals surface area contributed by atoms with E-state index in [4.69, 9.17) is 5.73 Å². The van der Waals surface area contributed by atoms with E-state index in [0.717, 1.165) is 24.2 Å². The molecule has 0 saturated carbocycles. The van der Waals surface area contributed by atoms with Gasteiger partial charge >= 0.3 is 0 Å². The Hall–Kier alpha value is -1.62. The van der Waals surface area contributed by atoms with Gasteiger partial charge in [-0.25, -0.2) is 0 Å². The molecule has 0 bridgehead atoms. The highest BCUT2D eigenvalue weighted by molar-refractivity contribution is 7.11. The quantitative estimate of drug-likeness (QED) is 0.902. The van der Waals surface area contributed by atoms with Gasteiger partial charge in [0.05, 0.1) is 5.56 Å². The summed E-state index contributed by atoms with van der Waals surface area (Å²) >= 11 is 1.51. The molecule has 4 nitrogen and oxygen atoms in total. The predicted octanol–water partition coefficient (Wildman–Crippen LogP) is 2.78. The molecule has 1 aliphatic heterocycles. The van der Waals surface area contributed by atoms with Crippen LogP contribution in [0.4, 0.5) is 10.8 Å². The zero-order chi connectivity index (χ0) is 12.4. The number of rotatable bonds is 2. The van der Waals surface area contributed by atoms with Gasteiger partial charge in [0.1, 0.15) is 10.8 Å². The first-order valence-corrected chi connectivity index (χ1v) is 7.04. The summed E-state index contributed by atoms with van der Waals surface area (Å²) in [6, 6.07) is 3.99. The van der Waals surface area contributed by atoms with Crippen LogP contribution in [0.1, 0.15) is 19.3 Å². The number of anilines is 2. The lowest BCUT2D eigenvalue weighted by atomic mass is 10.1. The zero-order valence-corrected chi connectivity index (χ0v) is 11.0. The summed E-state index contributed by atoms with van der Waals surface area (Å²) in [6.07, 6.45) is 7.44. The van der Waals surface area contributed by atoms with Crippen LogP contribution < -0.4 is 10.6 Å². The fraction of sp³-hybridized carbons (Fsp3) is 0.385. The van der Waals surface area contributed by atoms with Gasteiger partial charge in [0.25, 0.3) is 0 Å². The molecule has 2 aromatic rings. The van der Waals surface area contributed by atoms with Crippen LogP contribution in [0.25, 0.3) is 11.1 Å². The van der Waals surface area contributed by atoms with Gasteiger partial charge in [-0.2, -0.15) is 4.37 Å². The van der Waals surface area contributed by atoms with Crippen LogP contribution in [-0.2, 0) is 0 Å². The maximum absolute atomic E-state index is 6.03. The molecule has 0 radical (unpaired) electrons. The molecule has 0 aromatic carbocycles. The first-order chi connectivity index (χ1) is 8.86. The second-order valence-corrected chi connectivity index (χ2v) is 5.28. The normalized spacial score (nSPS) is 15.9. The number of hydrogen-bond acceptors (Lipinski definition) is 5. The molecule has 0 unspecified atom stereocenters. The van der Waals surface area contributed by atoms with Gasteiger partial charge in [0.2, 0.25) is 0 Å². The largest absolute Gasteiger partial charge is 0.382 e. The van der Waals surface area contributed by atoms with Crippen molar-refractivity contribution in [3.8, 4) is 11.1 Å². The van der Waals surface area contributed by atoms with Gasteiger partial charge in [-0.3, -0.25) is 4.98 Å². The smallest absolute Gasteiger partial charge is 0.147 e. The number of hydrogen-bond donors (Lipinski definition) is 1. The molecular weight excluding hydrogens is 244 g/mol. The van der Waals surface area contributed by atoms with E-state index >= 15 is 0 Å². The Bertz CT molecular complexity index is 517. The number of aromatic nitrogens is 2. The monoisotopic (exact) mass is 260 g/mol. The molecule has 18 heavy (non-hydrogen) atoms. The first kappa shape index (κ1) is 11.5. The molecule has 2 N–H and O–H groups in total. The molecule has 1 aliphatic rings. The molecular formula is C13H16N4S. The Kier molecular flexibility index (Phi) is 3.15. The van der Waals surface area contributed by atoms with Crippen LogP contribution >= 0.6 is 11.5 Å². The Morgan fingerprint density at radius 3 is 2.56 bits per heavy atom. The third kappa shape index (κ3) is 2.06. The lowest BCUT2D eigenvalue weighted by molar-refractivity contribution is 0.581. The molecule has 1 saturated heterocycles. The van der Waals surface area contributed by atoms with Crippen molar-refractivity contribution in [1.29, 1.82) is 0 Å². The van der Waals surface area contributed by atoms with Crippen molar-refractivity contribution in [1.82, 2.24) is 9.36 Å². The number of nitrogens with zero attached hydrogens (tertiary/aromatic N) is 3. The van der Waals surface area contributed by atoms with Crippen LogP contribution in [-0.4, -0.2) is 22.4 Å². The minimum atomic E-state index is 0.631. The number of piperidine rings is 1. The first-order valence-electron chi connectivity index (χ1n) is 6.27. The molecule has 0 spiro atoms. The van der Waals surface area contributed by atoms with E-state index in [2.05, 4.69) is 14.3 Å². The van der Waals surface area contributed by atoms with E-state index in [9.17, 15) is 0 Å². The molecule has 0 atom stereocenters. The fourth-order valence-electron chi connectivity index (χ4n) is 2.40. The van der Waals surface area contributed by atoms with Crippen LogP contribution in [0.3, 0.4) is 0 Å². The van der Waals surface area contributed by atoms with E-state index in [0.29, 0.717) is 5.82 Å². The van der Waals surface area contributed by atoms with Crippen LogP contribution in [0.15, 0.2) is 24.5 Å². The van der Waals surface area contributed by atoms with Crippen molar-refractivity contribution >= 4 is 22.4 Å². The minimum absolute atomic E-state index is 0.631. The summed E-state index contributed by atoms with van der Waals surface area (Å²) in [6.45, 7) is 2.22. The maximum atomic E-state index is 6.03. The topological polar surface area (TPSA) is 55.0 Å². The van der Waals surface area contributed by atoms with Crippen molar-refractivity contribution < 1.29 is 0 Å². The SMILES string of the molecule is Nc1nsc(N2CCCCC2)c1-c1ccncc1. The molecule has 2 aromatic heterocycles. The summed E-state index contributed by atoms with van der Waals surface area (Å²) in [7, 11) is 0. The Morgan fingerprint density at radius 1 is 1.11 bits per heavy atom. The molecule has 3 rings (SSSR count). The average Bonchev–Trinajstić information content (AvgIpc) is 2.83. The van der Waals surface area contributed by atoms with E-state index < -0.39 is 0 Å². The standard InChI is InChI=1S/C13H16N4S/c14-12-11(10-4-6-15-7-5-10)13(18-16-12)17-8-2-1-3-9-17/h4-7H,1-3,8-9H2,(H2,14,16). The Labute approximate surface area is 111 Å². The zero-order valence-electron chi connectivity index (χ0n) is 10.2. The second kappa shape index (κ2) is 4.94. The van der Waals surface area contributed by atoms with Gasteiger partial charge < -0.3 is 10.6 Å². The van der Waals surface area contributed by atoms with Crippen molar-refractivity contribution in [2.45, 2.75) is 19.3 Å². The van der Waals surface area contributed by atoms with Gasteiger partial charge in [0.15, 0.2) is 0 Å². The average molecular weight is 260 g/mol. The number of nitrogen functional groups attached to an aromatic ring is 1. The van der Waals surface area contributed by atoms with E-state index in [1.807, 2.05) is 12.1 Å². The molecule has 5 heteroatoms. The van der Waals surface area contributed by atoms with Gasteiger partial charge in [-0.15, -0.1) is 0 Å². The summed E-state index contributed by atoms with van der Waals surface area (Å²) in [5.74, 6) is 0.631. The molecule has 0 aliphatic carbocycles. The highest BCUT2D eigenvalue weighted by Crippen LogP contribution is 2.39. The van der Waals surface area contributed by atoms with Crippen LogP contribution in [0.5, 0.6) is 0 Å². The molecule has 0 amide bonds. The van der Waals surface area contributed by atoms with E-state index in [-0.39, 0.29) is 0 Å². The summed E-state index contributed by atoms with van der Waals surface area (Å²) < 4.78 is 4.33. The maximum Gasteiger partial charge on any atom is 0.147 e. The van der Waals surface area contributed by atoms with Crippen molar-refractivity contribution in [3.05, 3.63) is 24.5 Å². The Morgan fingerprint density at radius 2 is 1.83 bits per heavy atom. The van der Waals surface area contributed by atoms with Crippen LogP contribution in [0.2, 0.25) is 0 Å². The van der Waals surface area contributed by atoms with Crippen molar-refractivity contribution in [2.24, 2.45) is 0 Å². The molecule has 94 valence electrons. The van der Waals surface area contributed by atoms with Gasteiger partial charge in [-0.05, 0) is 48.5 Å². The molecule has 1 fully saturated rings. The summed E-state index contributed by atoms with van der Waals surface area (Å²) in [4.78, 5) is 6.47. The van der Waals surface area contributed by atoms with Crippen LogP contribution in [0, 0.1) is 0 Å². The fourth-order valence-corrected chi connectivity index (χ4v) is 3.28. The minimum Gasteiger partial charge on any atom is -0.382 e. The summed E-state index contributed by atoms with van der Waals surface area (Å²) in [5.41, 5.74) is 8.21. The van der Waals surface area contributed by atoms with E-state index in [1.54, 1.807) is 12.4 Å². The number of nitrogens with two attached hydrogens (primary N) is 1. The van der Waals surface area contributed by atoms with Crippen molar-refractivity contribution in [3.63, 3.8) is 0 Å². The van der Waals surface area contributed by atoms with E-state index in [1.165, 1.54) is 35.8 Å².